The molecule has 0 aliphatic carbocycles. The molecule has 0 aliphatic rings. The summed E-state index contributed by atoms with van der Waals surface area (Å²) < 4.78 is 2.32. The van der Waals surface area contributed by atoms with Crippen LogP contribution in [-0.4, -0.2) is 25.2 Å². The largest absolute Gasteiger partial charge is 0.271 e. The second kappa shape index (κ2) is 5.09. The number of halogens is 1. The van der Waals surface area contributed by atoms with Crippen LogP contribution in [0.5, 0.6) is 0 Å². The molecule has 8 heteroatoms. The third kappa shape index (κ3) is 2.26. The zero-order chi connectivity index (χ0) is 13.3. The number of aryl methyl sites for hydroxylation is 3. The summed E-state index contributed by atoms with van der Waals surface area (Å²) in [6, 6.07) is 1.71. The predicted octanol–water partition coefficient (Wildman–Crippen LogP) is 0.537. The highest BCUT2D eigenvalue weighted by Gasteiger charge is 2.23. The molecule has 3 N–H and O–H groups in total. The Morgan fingerprint density at radius 1 is 1.33 bits per heavy atom. The van der Waals surface area contributed by atoms with E-state index in [1.165, 1.54) is 0 Å². The molecule has 2 aromatic heterocycles. The highest BCUT2D eigenvalue weighted by Crippen LogP contribution is 2.27. The highest BCUT2D eigenvalue weighted by atomic mass is 79.9. The fourth-order valence-corrected chi connectivity index (χ4v) is 2.38. The Kier molecular flexibility index (Phi) is 3.69. The van der Waals surface area contributed by atoms with Gasteiger partial charge in [0.25, 0.3) is 0 Å². The van der Waals surface area contributed by atoms with Crippen LogP contribution in [-0.2, 0) is 7.05 Å². The molecular formula is C10H14BrN7. The van der Waals surface area contributed by atoms with Crippen LogP contribution in [0.1, 0.15) is 28.7 Å². The summed E-state index contributed by atoms with van der Waals surface area (Å²) in [5.41, 5.74) is 6.22. The number of nitrogens with two attached hydrogens (primary N) is 1. The van der Waals surface area contributed by atoms with Gasteiger partial charge in [0.1, 0.15) is 0 Å². The van der Waals surface area contributed by atoms with Gasteiger partial charge >= 0.3 is 0 Å². The molecule has 0 aliphatic heterocycles. The van der Waals surface area contributed by atoms with Crippen molar-refractivity contribution < 1.29 is 0 Å². The van der Waals surface area contributed by atoms with Crippen LogP contribution in [0.25, 0.3) is 0 Å². The number of hydrogen-bond donors (Lipinski definition) is 2. The monoisotopic (exact) mass is 311 g/mol. The Morgan fingerprint density at radius 3 is 2.61 bits per heavy atom. The molecule has 2 heterocycles. The maximum atomic E-state index is 5.66. The van der Waals surface area contributed by atoms with E-state index in [0.29, 0.717) is 4.60 Å². The SMILES string of the molecule is Cc1cc(C(NN)c2c(Br)nnn2C)c(C)nn1. The summed E-state index contributed by atoms with van der Waals surface area (Å²) in [7, 11) is 1.81. The number of nitrogens with zero attached hydrogens (tertiary/aromatic N) is 5. The number of aromatic nitrogens is 5. The Balaban J connectivity index is 2.55. The first-order valence-corrected chi connectivity index (χ1v) is 6.16. The average molecular weight is 312 g/mol. The number of hydrogen-bond acceptors (Lipinski definition) is 6. The third-order valence-electron chi connectivity index (χ3n) is 2.72. The zero-order valence-electron chi connectivity index (χ0n) is 10.3. The van der Waals surface area contributed by atoms with Gasteiger partial charge in [-0.3, -0.25) is 5.84 Å². The Labute approximate surface area is 113 Å². The fraction of sp³-hybridized carbons (Fsp3) is 0.400. The van der Waals surface area contributed by atoms with Crippen molar-refractivity contribution >= 4 is 15.9 Å². The first-order valence-electron chi connectivity index (χ1n) is 5.36. The van der Waals surface area contributed by atoms with Crippen LogP contribution < -0.4 is 11.3 Å². The van der Waals surface area contributed by atoms with E-state index in [0.717, 1.165) is 22.6 Å². The van der Waals surface area contributed by atoms with E-state index in [1.54, 1.807) is 4.68 Å². The molecular weight excluding hydrogens is 298 g/mol. The maximum Gasteiger partial charge on any atom is 0.153 e. The van der Waals surface area contributed by atoms with Crippen molar-refractivity contribution in [1.82, 2.24) is 30.6 Å². The molecule has 0 fully saturated rings. The molecule has 96 valence electrons. The summed E-state index contributed by atoms with van der Waals surface area (Å²) in [6.07, 6.45) is 0. The van der Waals surface area contributed by atoms with Crippen molar-refractivity contribution in [1.29, 1.82) is 0 Å². The number of nitrogens with one attached hydrogen (secondary N) is 1. The minimum atomic E-state index is -0.242. The van der Waals surface area contributed by atoms with Gasteiger partial charge in [0, 0.05) is 12.6 Å². The van der Waals surface area contributed by atoms with Crippen LogP contribution >= 0.6 is 15.9 Å². The molecule has 0 radical (unpaired) electrons. The van der Waals surface area contributed by atoms with E-state index in [-0.39, 0.29) is 6.04 Å². The maximum absolute atomic E-state index is 5.66. The summed E-state index contributed by atoms with van der Waals surface area (Å²) in [5, 5.41) is 16.0. The minimum absolute atomic E-state index is 0.242. The molecule has 18 heavy (non-hydrogen) atoms. The average Bonchev–Trinajstić information content (AvgIpc) is 2.66. The van der Waals surface area contributed by atoms with Gasteiger partial charge in [-0.15, -0.1) is 5.10 Å². The molecule has 1 unspecified atom stereocenters. The Bertz CT molecular complexity index is 546. The van der Waals surface area contributed by atoms with Crippen LogP contribution in [0.4, 0.5) is 0 Å². The normalized spacial score (nSPS) is 12.7. The predicted molar refractivity (Wildman–Crippen MR) is 69.4 cm³/mol. The molecule has 0 saturated carbocycles. The minimum Gasteiger partial charge on any atom is -0.271 e. The topological polar surface area (TPSA) is 94.5 Å². The second-order valence-corrected chi connectivity index (χ2v) is 4.77. The van der Waals surface area contributed by atoms with Gasteiger partial charge in [-0.1, -0.05) is 5.21 Å². The Morgan fingerprint density at radius 2 is 2.06 bits per heavy atom. The summed E-state index contributed by atoms with van der Waals surface area (Å²) in [5.74, 6) is 5.66. The van der Waals surface area contributed by atoms with E-state index in [1.807, 2.05) is 27.0 Å². The van der Waals surface area contributed by atoms with Crippen LogP contribution in [0.15, 0.2) is 10.7 Å². The molecule has 0 aromatic carbocycles. The number of rotatable bonds is 3. The first kappa shape index (κ1) is 13.1. The van der Waals surface area contributed by atoms with Gasteiger partial charge < -0.3 is 0 Å². The van der Waals surface area contributed by atoms with Crippen molar-refractivity contribution in [2.24, 2.45) is 12.9 Å². The van der Waals surface area contributed by atoms with Gasteiger partial charge in [-0.05, 0) is 35.8 Å². The zero-order valence-corrected chi connectivity index (χ0v) is 11.9. The van der Waals surface area contributed by atoms with E-state index >= 15 is 0 Å². The highest BCUT2D eigenvalue weighted by molar-refractivity contribution is 9.10. The quantitative estimate of drug-likeness (QED) is 0.634. The second-order valence-electron chi connectivity index (χ2n) is 4.02. The molecule has 1 atom stereocenters. The lowest BCUT2D eigenvalue weighted by Crippen LogP contribution is -2.31. The Hall–Kier alpha value is -1.38. The van der Waals surface area contributed by atoms with Crippen molar-refractivity contribution in [2.45, 2.75) is 19.9 Å². The fourth-order valence-electron chi connectivity index (χ4n) is 1.82. The molecule has 0 amide bonds. The van der Waals surface area contributed by atoms with Crippen LogP contribution in [0, 0.1) is 13.8 Å². The molecule has 2 aromatic rings. The van der Waals surface area contributed by atoms with Gasteiger partial charge in [0.15, 0.2) is 4.60 Å². The summed E-state index contributed by atoms with van der Waals surface area (Å²) in [4.78, 5) is 0. The van der Waals surface area contributed by atoms with Gasteiger partial charge in [0.05, 0.1) is 23.1 Å². The lowest BCUT2D eigenvalue weighted by Gasteiger charge is -2.18. The molecule has 0 saturated heterocycles. The van der Waals surface area contributed by atoms with Gasteiger partial charge in [-0.25, -0.2) is 10.1 Å². The first-order chi connectivity index (χ1) is 8.54. The van der Waals surface area contributed by atoms with Crippen LogP contribution in [0.3, 0.4) is 0 Å². The summed E-state index contributed by atoms with van der Waals surface area (Å²) in [6.45, 7) is 3.78. The lowest BCUT2D eigenvalue weighted by molar-refractivity contribution is 0.563. The molecule has 2 rings (SSSR count). The van der Waals surface area contributed by atoms with Crippen molar-refractivity contribution in [3.8, 4) is 0 Å². The van der Waals surface area contributed by atoms with Crippen molar-refractivity contribution in [3.63, 3.8) is 0 Å². The van der Waals surface area contributed by atoms with E-state index < -0.39 is 0 Å². The summed E-state index contributed by atoms with van der Waals surface area (Å²) >= 11 is 3.37. The number of hydrazine groups is 1. The molecule has 7 nitrogen and oxygen atoms in total. The van der Waals surface area contributed by atoms with Crippen molar-refractivity contribution in [2.75, 3.05) is 0 Å². The molecule has 0 bridgehead atoms. The van der Waals surface area contributed by atoms with Gasteiger partial charge in [-0.2, -0.15) is 10.2 Å². The van der Waals surface area contributed by atoms with Crippen LogP contribution in [0.2, 0.25) is 0 Å². The van der Waals surface area contributed by atoms with E-state index in [9.17, 15) is 0 Å². The van der Waals surface area contributed by atoms with Gasteiger partial charge in [0.2, 0.25) is 0 Å². The molecule has 0 spiro atoms. The smallest absolute Gasteiger partial charge is 0.153 e. The van der Waals surface area contributed by atoms with E-state index in [2.05, 4.69) is 41.9 Å². The van der Waals surface area contributed by atoms with E-state index in [4.69, 9.17) is 5.84 Å². The van der Waals surface area contributed by atoms with Crippen molar-refractivity contribution in [3.05, 3.63) is 33.3 Å². The third-order valence-corrected chi connectivity index (χ3v) is 3.28. The standard InChI is InChI=1S/C10H14BrN7/c1-5-4-7(6(2)15-14-5)8(13-12)9-10(11)16-17-18(9)3/h4,8,13H,12H2,1-3H3. The lowest BCUT2D eigenvalue weighted by atomic mass is 10.0.